The Kier molecular flexibility index (Phi) is 7.46. The third-order valence-electron chi connectivity index (χ3n) is 3.52. The van der Waals surface area contributed by atoms with Gasteiger partial charge in [-0.2, -0.15) is 0 Å². The van der Waals surface area contributed by atoms with Crippen molar-refractivity contribution in [2.24, 2.45) is 11.7 Å². The van der Waals surface area contributed by atoms with Gasteiger partial charge in [-0.3, -0.25) is 0 Å². The molecule has 0 saturated carbocycles. The summed E-state index contributed by atoms with van der Waals surface area (Å²) in [4.78, 5) is 0. The topological polar surface area (TPSA) is 35.2 Å². The van der Waals surface area contributed by atoms with E-state index in [0.717, 1.165) is 6.42 Å². The fourth-order valence-corrected chi connectivity index (χ4v) is 2.48. The van der Waals surface area contributed by atoms with Crippen LogP contribution in [0.4, 0.5) is 8.78 Å². The molecule has 2 aromatic rings. The van der Waals surface area contributed by atoms with Crippen molar-refractivity contribution < 1.29 is 13.5 Å². The summed E-state index contributed by atoms with van der Waals surface area (Å²) in [5, 5.41) is 0. The highest BCUT2D eigenvalue weighted by molar-refractivity contribution is 5.85. The van der Waals surface area contributed by atoms with E-state index < -0.39 is 11.6 Å². The van der Waals surface area contributed by atoms with Crippen LogP contribution in [0.5, 0.6) is 11.5 Å². The van der Waals surface area contributed by atoms with Gasteiger partial charge in [0.2, 0.25) is 0 Å². The highest BCUT2D eigenvalue weighted by Crippen LogP contribution is 2.34. The zero-order valence-corrected chi connectivity index (χ0v) is 14.1. The maximum atomic E-state index is 14.7. The molecule has 23 heavy (non-hydrogen) atoms. The summed E-state index contributed by atoms with van der Waals surface area (Å²) in [5.74, 6) is -1.14. The number of hydrogen-bond acceptors (Lipinski definition) is 2. The maximum Gasteiger partial charge on any atom is 0.198 e. The molecule has 0 aromatic heterocycles. The van der Waals surface area contributed by atoms with Crippen molar-refractivity contribution in [3.8, 4) is 11.5 Å². The number of nitrogens with two attached hydrogens (primary N) is 1. The first-order chi connectivity index (χ1) is 10.5. The van der Waals surface area contributed by atoms with E-state index in [9.17, 15) is 8.78 Å². The monoisotopic (exact) mass is 341 g/mol. The van der Waals surface area contributed by atoms with E-state index in [4.69, 9.17) is 10.5 Å². The molecule has 5 heteroatoms. The molecular weight excluding hydrogens is 320 g/mol. The lowest BCUT2D eigenvalue weighted by Crippen LogP contribution is -2.16. The number of halogens is 3. The van der Waals surface area contributed by atoms with Crippen molar-refractivity contribution >= 4 is 12.4 Å². The molecule has 0 spiro atoms. The fourth-order valence-electron chi connectivity index (χ4n) is 2.48. The van der Waals surface area contributed by atoms with E-state index in [1.807, 2.05) is 19.9 Å². The number of hydrogen-bond donors (Lipinski definition) is 1. The minimum absolute atomic E-state index is 0. The SMILES string of the molecule is CC(C)CC(CN)c1ccc(F)c(Oc2ccccc2)c1F.Cl. The molecular formula is C18H22ClF2NO. The molecule has 126 valence electrons. The van der Waals surface area contributed by atoms with Crippen LogP contribution in [0, 0.1) is 17.6 Å². The van der Waals surface area contributed by atoms with Crippen LogP contribution in [-0.4, -0.2) is 6.54 Å². The van der Waals surface area contributed by atoms with Crippen LogP contribution < -0.4 is 10.5 Å². The molecule has 1 atom stereocenters. The Morgan fingerprint density at radius 3 is 2.26 bits per heavy atom. The summed E-state index contributed by atoms with van der Waals surface area (Å²) >= 11 is 0. The van der Waals surface area contributed by atoms with Crippen molar-refractivity contribution in [3.05, 3.63) is 59.7 Å². The molecule has 0 aliphatic heterocycles. The first-order valence-corrected chi connectivity index (χ1v) is 7.43. The van der Waals surface area contributed by atoms with Crippen LogP contribution in [0.25, 0.3) is 0 Å². The fraction of sp³-hybridized carbons (Fsp3) is 0.333. The van der Waals surface area contributed by atoms with Crippen LogP contribution in [-0.2, 0) is 0 Å². The third-order valence-corrected chi connectivity index (χ3v) is 3.52. The van der Waals surface area contributed by atoms with Crippen LogP contribution >= 0.6 is 12.4 Å². The molecule has 0 heterocycles. The van der Waals surface area contributed by atoms with E-state index >= 15 is 0 Å². The van der Waals surface area contributed by atoms with Crippen LogP contribution in [0.15, 0.2) is 42.5 Å². The Hall–Kier alpha value is -1.65. The van der Waals surface area contributed by atoms with Gasteiger partial charge in [0.05, 0.1) is 0 Å². The quantitative estimate of drug-likeness (QED) is 0.777. The normalized spacial score (nSPS) is 11.9. The largest absolute Gasteiger partial charge is 0.451 e. The lowest BCUT2D eigenvalue weighted by molar-refractivity contribution is 0.396. The van der Waals surface area contributed by atoms with Crippen LogP contribution in [0.3, 0.4) is 0 Å². The Morgan fingerprint density at radius 1 is 1.04 bits per heavy atom. The summed E-state index contributed by atoms with van der Waals surface area (Å²) < 4.78 is 34.0. The molecule has 2 rings (SSSR count). The van der Waals surface area contributed by atoms with E-state index in [-0.39, 0.29) is 24.1 Å². The zero-order chi connectivity index (χ0) is 16.1. The van der Waals surface area contributed by atoms with E-state index in [1.54, 1.807) is 24.3 Å². The second-order valence-electron chi connectivity index (χ2n) is 5.76. The summed E-state index contributed by atoms with van der Waals surface area (Å²) in [6.45, 7) is 4.41. The standard InChI is InChI=1S/C18H21F2NO.ClH/c1-12(2)10-13(11-21)15-8-9-16(19)18(17(15)20)22-14-6-4-3-5-7-14;/h3-9,12-13H,10-11,21H2,1-2H3;1H. The predicted octanol–water partition coefficient (Wildman–Crippen LogP) is 5.27. The summed E-state index contributed by atoms with van der Waals surface area (Å²) in [5.41, 5.74) is 6.17. The van der Waals surface area contributed by atoms with Crippen molar-refractivity contribution in [2.75, 3.05) is 6.54 Å². The average Bonchev–Trinajstić information content (AvgIpc) is 2.50. The van der Waals surface area contributed by atoms with Gasteiger partial charge in [-0.1, -0.05) is 38.1 Å². The minimum Gasteiger partial charge on any atom is -0.451 e. The molecule has 0 aliphatic rings. The smallest absolute Gasteiger partial charge is 0.198 e. The van der Waals surface area contributed by atoms with Gasteiger partial charge in [-0.15, -0.1) is 12.4 Å². The summed E-state index contributed by atoms with van der Waals surface area (Å²) in [7, 11) is 0. The van der Waals surface area contributed by atoms with Gasteiger partial charge in [0.25, 0.3) is 0 Å². The Labute approximate surface area is 142 Å². The molecule has 1 unspecified atom stereocenters. The molecule has 0 radical (unpaired) electrons. The van der Waals surface area contributed by atoms with Gasteiger partial charge >= 0.3 is 0 Å². The van der Waals surface area contributed by atoms with Crippen molar-refractivity contribution in [1.29, 1.82) is 0 Å². The number of rotatable bonds is 6. The van der Waals surface area contributed by atoms with Gasteiger partial charge in [0.15, 0.2) is 17.4 Å². The first-order valence-electron chi connectivity index (χ1n) is 7.43. The Balaban J connectivity index is 0.00000264. The van der Waals surface area contributed by atoms with E-state index in [1.165, 1.54) is 12.1 Å². The highest BCUT2D eigenvalue weighted by Gasteiger charge is 2.22. The van der Waals surface area contributed by atoms with Crippen molar-refractivity contribution in [2.45, 2.75) is 26.2 Å². The molecule has 2 N–H and O–H groups in total. The van der Waals surface area contributed by atoms with E-state index in [0.29, 0.717) is 23.8 Å². The number of benzene rings is 2. The van der Waals surface area contributed by atoms with E-state index in [2.05, 4.69) is 0 Å². The average molecular weight is 342 g/mol. The minimum atomic E-state index is -0.717. The summed E-state index contributed by atoms with van der Waals surface area (Å²) in [6.07, 6.45) is 0.740. The highest BCUT2D eigenvalue weighted by atomic mass is 35.5. The maximum absolute atomic E-state index is 14.7. The zero-order valence-electron chi connectivity index (χ0n) is 13.3. The Morgan fingerprint density at radius 2 is 1.70 bits per heavy atom. The van der Waals surface area contributed by atoms with Gasteiger partial charge in [-0.05, 0) is 48.6 Å². The lowest BCUT2D eigenvalue weighted by Gasteiger charge is -2.19. The number of ether oxygens (including phenoxy) is 1. The molecule has 0 amide bonds. The molecule has 0 bridgehead atoms. The molecule has 0 fully saturated rings. The van der Waals surface area contributed by atoms with Gasteiger partial charge in [0.1, 0.15) is 5.75 Å². The molecule has 2 nitrogen and oxygen atoms in total. The second-order valence-corrected chi connectivity index (χ2v) is 5.76. The van der Waals surface area contributed by atoms with Crippen LogP contribution in [0.1, 0.15) is 31.7 Å². The van der Waals surface area contributed by atoms with Gasteiger partial charge in [0, 0.05) is 0 Å². The van der Waals surface area contributed by atoms with Crippen molar-refractivity contribution in [3.63, 3.8) is 0 Å². The van der Waals surface area contributed by atoms with Gasteiger partial charge < -0.3 is 10.5 Å². The second kappa shape index (κ2) is 8.85. The predicted molar refractivity (Wildman–Crippen MR) is 91.4 cm³/mol. The van der Waals surface area contributed by atoms with Crippen molar-refractivity contribution in [1.82, 2.24) is 0 Å². The summed E-state index contributed by atoms with van der Waals surface area (Å²) in [6, 6.07) is 11.3. The van der Waals surface area contributed by atoms with Crippen LogP contribution in [0.2, 0.25) is 0 Å². The molecule has 2 aromatic carbocycles. The number of para-hydroxylation sites is 1. The Bertz CT molecular complexity index is 620. The molecule has 0 saturated heterocycles. The van der Waals surface area contributed by atoms with Gasteiger partial charge in [-0.25, -0.2) is 8.78 Å². The molecule has 0 aliphatic carbocycles. The first kappa shape index (κ1) is 19.4. The third kappa shape index (κ3) is 4.91. The lowest BCUT2D eigenvalue weighted by atomic mass is 9.90.